The van der Waals surface area contributed by atoms with E-state index in [9.17, 15) is 9.59 Å². The maximum Gasteiger partial charge on any atom is 0.338 e. The first-order chi connectivity index (χ1) is 7.40. The highest BCUT2D eigenvalue weighted by Crippen LogP contribution is 2.16. The maximum absolute atomic E-state index is 11.6. The van der Waals surface area contributed by atoms with Gasteiger partial charge in [-0.05, 0) is 37.6 Å². The minimum absolute atomic E-state index is 0.389. The lowest BCUT2D eigenvalue weighted by molar-refractivity contribution is -0.125. The van der Waals surface area contributed by atoms with E-state index in [1.54, 1.807) is 12.1 Å². The fourth-order valence-electron chi connectivity index (χ4n) is 1.14. The Balaban J connectivity index is 2.84. The smallest absolute Gasteiger partial charge is 0.338 e. The number of hydrogen-bond acceptors (Lipinski definition) is 3. The van der Waals surface area contributed by atoms with Crippen LogP contribution in [0.2, 0.25) is 0 Å². The average Bonchev–Trinajstić information content (AvgIpc) is 2.15. The van der Waals surface area contributed by atoms with Crippen molar-refractivity contribution in [3.63, 3.8) is 0 Å². The van der Waals surface area contributed by atoms with E-state index in [1.165, 1.54) is 6.92 Å². The Bertz CT molecular complexity index is 411. The Morgan fingerprint density at radius 1 is 1.38 bits per heavy atom. The molecule has 1 atom stereocenters. The van der Waals surface area contributed by atoms with Crippen LogP contribution in [0.15, 0.2) is 22.7 Å². The molecular weight excluding hydrogens is 274 g/mol. The van der Waals surface area contributed by atoms with Crippen molar-refractivity contribution < 1.29 is 14.3 Å². The molecule has 4 nitrogen and oxygen atoms in total. The summed E-state index contributed by atoms with van der Waals surface area (Å²) in [5, 5.41) is 0. The average molecular weight is 286 g/mol. The van der Waals surface area contributed by atoms with Crippen LogP contribution in [0.3, 0.4) is 0 Å². The lowest BCUT2D eigenvalue weighted by atomic mass is 10.1. The van der Waals surface area contributed by atoms with Crippen LogP contribution in [0.4, 0.5) is 0 Å². The standard InChI is InChI=1S/C11H12BrNO3/c1-6-3-8(5-9(12)4-6)11(15)16-7(2)10(13)14/h3-5,7H,1-2H3,(H2,13,14)/t7-/m0/s1. The Hall–Kier alpha value is -1.36. The lowest BCUT2D eigenvalue weighted by Gasteiger charge is -2.10. The highest BCUT2D eigenvalue weighted by Gasteiger charge is 2.16. The molecule has 0 spiro atoms. The highest BCUT2D eigenvalue weighted by atomic mass is 79.9. The molecule has 0 aliphatic heterocycles. The predicted octanol–water partition coefficient (Wildman–Crippen LogP) is 1.79. The molecule has 0 heterocycles. The zero-order valence-electron chi connectivity index (χ0n) is 8.99. The molecule has 1 amide bonds. The molecule has 16 heavy (non-hydrogen) atoms. The van der Waals surface area contributed by atoms with Crippen LogP contribution < -0.4 is 5.73 Å². The summed E-state index contributed by atoms with van der Waals surface area (Å²) < 4.78 is 5.66. The van der Waals surface area contributed by atoms with Gasteiger partial charge in [-0.1, -0.05) is 15.9 Å². The van der Waals surface area contributed by atoms with Crippen molar-refractivity contribution in [2.75, 3.05) is 0 Å². The Kier molecular flexibility index (Phi) is 4.06. The van der Waals surface area contributed by atoms with Gasteiger partial charge in [0.15, 0.2) is 6.10 Å². The topological polar surface area (TPSA) is 69.4 Å². The molecule has 5 heteroatoms. The summed E-state index contributed by atoms with van der Waals surface area (Å²) in [4.78, 5) is 22.3. The van der Waals surface area contributed by atoms with Crippen molar-refractivity contribution in [1.29, 1.82) is 0 Å². The molecule has 1 rings (SSSR count). The van der Waals surface area contributed by atoms with E-state index < -0.39 is 18.0 Å². The number of hydrogen-bond donors (Lipinski definition) is 1. The Labute approximate surface area is 102 Å². The van der Waals surface area contributed by atoms with E-state index in [2.05, 4.69) is 15.9 Å². The van der Waals surface area contributed by atoms with Gasteiger partial charge in [-0.25, -0.2) is 4.79 Å². The second-order valence-corrected chi connectivity index (χ2v) is 4.38. The first-order valence-electron chi connectivity index (χ1n) is 4.67. The second kappa shape index (κ2) is 5.12. The monoisotopic (exact) mass is 285 g/mol. The second-order valence-electron chi connectivity index (χ2n) is 3.47. The molecule has 0 saturated carbocycles. The summed E-state index contributed by atoms with van der Waals surface area (Å²) in [5.74, 6) is -1.23. The van der Waals surface area contributed by atoms with E-state index in [0.29, 0.717) is 5.56 Å². The van der Waals surface area contributed by atoms with Gasteiger partial charge in [-0.2, -0.15) is 0 Å². The molecule has 1 aromatic rings. The van der Waals surface area contributed by atoms with Crippen LogP contribution in [0.25, 0.3) is 0 Å². The van der Waals surface area contributed by atoms with Gasteiger partial charge in [0.2, 0.25) is 0 Å². The van der Waals surface area contributed by atoms with E-state index in [4.69, 9.17) is 10.5 Å². The van der Waals surface area contributed by atoms with Gasteiger partial charge in [-0.15, -0.1) is 0 Å². The van der Waals surface area contributed by atoms with Gasteiger partial charge in [0.25, 0.3) is 5.91 Å². The van der Waals surface area contributed by atoms with Crippen molar-refractivity contribution in [1.82, 2.24) is 0 Å². The van der Waals surface area contributed by atoms with E-state index in [1.807, 2.05) is 13.0 Å². The largest absolute Gasteiger partial charge is 0.449 e. The van der Waals surface area contributed by atoms with E-state index in [0.717, 1.165) is 10.0 Å². The first kappa shape index (κ1) is 12.7. The molecule has 0 bridgehead atoms. The first-order valence-corrected chi connectivity index (χ1v) is 5.47. The SMILES string of the molecule is Cc1cc(Br)cc(C(=O)O[C@@H](C)C(N)=O)c1. The van der Waals surface area contributed by atoms with Crippen molar-refractivity contribution in [3.8, 4) is 0 Å². The number of amides is 1. The fraction of sp³-hybridized carbons (Fsp3) is 0.273. The van der Waals surface area contributed by atoms with Crippen LogP contribution in [0, 0.1) is 6.92 Å². The number of ether oxygens (including phenoxy) is 1. The summed E-state index contributed by atoms with van der Waals surface area (Å²) >= 11 is 3.28. The molecule has 0 aliphatic carbocycles. The lowest BCUT2D eigenvalue weighted by Crippen LogP contribution is -2.30. The summed E-state index contributed by atoms with van der Waals surface area (Å²) in [6.45, 7) is 3.30. The number of carbonyl (C=O) groups excluding carboxylic acids is 2. The summed E-state index contributed by atoms with van der Waals surface area (Å²) in [6, 6.07) is 5.18. The van der Waals surface area contributed by atoms with Gasteiger partial charge < -0.3 is 10.5 Å². The van der Waals surface area contributed by atoms with Crippen molar-refractivity contribution in [3.05, 3.63) is 33.8 Å². The maximum atomic E-state index is 11.6. The minimum Gasteiger partial charge on any atom is -0.449 e. The number of aryl methyl sites for hydroxylation is 1. The third-order valence-corrected chi connectivity index (χ3v) is 2.42. The summed E-state index contributed by atoms with van der Waals surface area (Å²) in [5.41, 5.74) is 6.31. The molecule has 86 valence electrons. The molecule has 0 saturated heterocycles. The molecule has 1 aromatic carbocycles. The van der Waals surface area contributed by atoms with Crippen LogP contribution in [-0.4, -0.2) is 18.0 Å². The fourth-order valence-corrected chi connectivity index (χ4v) is 1.75. The molecule has 2 N–H and O–H groups in total. The zero-order valence-corrected chi connectivity index (χ0v) is 10.6. The van der Waals surface area contributed by atoms with Crippen molar-refractivity contribution in [2.24, 2.45) is 5.73 Å². The highest BCUT2D eigenvalue weighted by molar-refractivity contribution is 9.10. The van der Waals surface area contributed by atoms with Crippen molar-refractivity contribution >= 4 is 27.8 Å². The number of halogens is 1. The van der Waals surface area contributed by atoms with Gasteiger partial charge in [0.1, 0.15) is 0 Å². The molecule has 0 aromatic heterocycles. The van der Waals surface area contributed by atoms with Crippen LogP contribution >= 0.6 is 15.9 Å². The molecule has 0 unspecified atom stereocenters. The molecule has 0 aliphatic rings. The normalized spacial score (nSPS) is 11.9. The number of nitrogens with two attached hydrogens (primary N) is 1. The molecule has 0 fully saturated rings. The van der Waals surface area contributed by atoms with Gasteiger partial charge >= 0.3 is 5.97 Å². The van der Waals surface area contributed by atoms with E-state index in [-0.39, 0.29) is 0 Å². The molecular formula is C11H12BrNO3. The number of esters is 1. The number of carbonyl (C=O) groups is 2. The number of benzene rings is 1. The number of primary amides is 1. The van der Waals surface area contributed by atoms with Crippen LogP contribution in [0.1, 0.15) is 22.8 Å². The predicted molar refractivity (Wildman–Crippen MR) is 63.0 cm³/mol. The Morgan fingerprint density at radius 3 is 2.50 bits per heavy atom. The van der Waals surface area contributed by atoms with Crippen LogP contribution in [0.5, 0.6) is 0 Å². The summed E-state index contributed by atoms with van der Waals surface area (Å²) in [6.07, 6.45) is -0.924. The third-order valence-electron chi connectivity index (χ3n) is 1.96. The van der Waals surface area contributed by atoms with Gasteiger partial charge in [0, 0.05) is 4.47 Å². The van der Waals surface area contributed by atoms with Gasteiger partial charge in [-0.3, -0.25) is 4.79 Å². The van der Waals surface area contributed by atoms with Gasteiger partial charge in [0.05, 0.1) is 5.56 Å². The van der Waals surface area contributed by atoms with Crippen LogP contribution in [-0.2, 0) is 9.53 Å². The minimum atomic E-state index is -0.924. The quantitative estimate of drug-likeness (QED) is 0.861. The van der Waals surface area contributed by atoms with Crippen molar-refractivity contribution in [2.45, 2.75) is 20.0 Å². The number of rotatable bonds is 3. The Morgan fingerprint density at radius 2 is 2.00 bits per heavy atom. The molecule has 0 radical (unpaired) electrons. The third kappa shape index (κ3) is 3.34. The van der Waals surface area contributed by atoms with E-state index >= 15 is 0 Å². The zero-order chi connectivity index (χ0) is 12.3. The summed E-state index contributed by atoms with van der Waals surface area (Å²) in [7, 11) is 0.